The van der Waals surface area contributed by atoms with Crippen LogP contribution in [0.25, 0.3) is 0 Å². The first-order valence-electron chi connectivity index (χ1n) is 8.31. The second-order valence-electron chi connectivity index (χ2n) is 6.53. The minimum absolute atomic E-state index is 0.0934. The van der Waals surface area contributed by atoms with Gasteiger partial charge in [-0.05, 0) is 45.7 Å². The molecule has 2 rings (SSSR count). The molecule has 0 saturated carbocycles. The third-order valence-electron chi connectivity index (χ3n) is 3.58. The first-order chi connectivity index (χ1) is 10.4. The molecule has 0 bridgehead atoms. The lowest BCUT2D eigenvalue weighted by atomic mass is 10.0. The highest BCUT2D eigenvalue weighted by Crippen LogP contribution is 2.27. The van der Waals surface area contributed by atoms with Crippen LogP contribution in [-0.4, -0.2) is 30.9 Å². The lowest BCUT2D eigenvalue weighted by molar-refractivity contribution is 0.501. The third-order valence-corrected chi connectivity index (χ3v) is 3.58. The number of nitrogens with two attached hydrogens (primary N) is 2. The van der Waals surface area contributed by atoms with Crippen LogP contribution in [0, 0.1) is 0 Å². The molecule has 1 aliphatic heterocycles. The van der Waals surface area contributed by atoms with E-state index >= 15 is 0 Å². The summed E-state index contributed by atoms with van der Waals surface area (Å²) in [6.07, 6.45) is 3.98. The Morgan fingerprint density at radius 2 is 1.77 bits per heavy atom. The molecule has 1 saturated heterocycles. The van der Waals surface area contributed by atoms with Gasteiger partial charge in [-0.15, -0.1) is 0 Å². The number of anilines is 2. The van der Waals surface area contributed by atoms with E-state index in [9.17, 15) is 0 Å². The number of hydrogen-bond acceptors (Lipinski definition) is 4. The van der Waals surface area contributed by atoms with E-state index in [0.29, 0.717) is 6.04 Å². The lowest BCUT2D eigenvalue weighted by Crippen LogP contribution is -2.40. The standard InChI is InChI=1S/C16H26N4.C2H6/c1-16(2,3)19-11-13-14(18)5-4-6-15(13)20-9-7-12(17)8-10-20;1-2/h4-6,11-12H,7-10,17-18H2,1-3H3;1-2H3. The monoisotopic (exact) mass is 304 g/mol. The Kier molecular flexibility index (Phi) is 6.88. The summed E-state index contributed by atoms with van der Waals surface area (Å²) < 4.78 is 0. The number of hydrogen-bond donors (Lipinski definition) is 2. The molecule has 0 amide bonds. The molecular weight excluding hydrogens is 272 g/mol. The minimum atomic E-state index is -0.0934. The molecule has 0 spiro atoms. The van der Waals surface area contributed by atoms with E-state index in [1.165, 1.54) is 5.69 Å². The fraction of sp³-hybridized carbons (Fsp3) is 0.611. The molecule has 0 aliphatic carbocycles. The van der Waals surface area contributed by atoms with Crippen molar-refractivity contribution < 1.29 is 0 Å². The molecule has 4 nitrogen and oxygen atoms in total. The van der Waals surface area contributed by atoms with Gasteiger partial charge in [-0.2, -0.15) is 0 Å². The van der Waals surface area contributed by atoms with E-state index in [4.69, 9.17) is 11.5 Å². The normalized spacial score (nSPS) is 16.5. The second kappa shape index (κ2) is 8.18. The van der Waals surface area contributed by atoms with E-state index in [-0.39, 0.29) is 5.54 Å². The van der Waals surface area contributed by atoms with Crippen LogP contribution in [0.15, 0.2) is 23.2 Å². The molecule has 0 atom stereocenters. The number of nitrogens with zero attached hydrogens (tertiary/aromatic N) is 2. The fourth-order valence-corrected chi connectivity index (χ4v) is 2.39. The Morgan fingerprint density at radius 1 is 1.18 bits per heavy atom. The summed E-state index contributed by atoms with van der Waals surface area (Å²) in [4.78, 5) is 6.97. The van der Waals surface area contributed by atoms with Crippen LogP contribution in [0.1, 0.15) is 53.0 Å². The zero-order valence-corrected chi connectivity index (χ0v) is 14.8. The number of benzene rings is 1. The summed E-state index contributed by atoms with van der Waals surface area (Å²) in [6.45, 7) is 12.2. The molecule has 4 heteroatoms. The molecule has 1 fully saturated rings. The van der Waals surface area contributed by atoms with Crippen LogP contribution in [0.4, 0.5) is 11.4 Å². The topological polar surface area (TPSA) is 67.6 Å². The molecule has 1 aliphatic rings. The van der Waals surface area contributed by atoms with Crippen molar-refractivity contribution in [3.8, 4) is 0 Å². The van der Waals surface area contributed by atoms with Gasteiger partial charge in [-0.3, -0.25) is 4.99 Å². The van der Waals surface area contributed by atoms with Crippen molar-refractivity contribution in [3.05, 3.63) is 23.8 Å². The number of nitrogen functional groups attached to an aromatic ring is 1. The van der Waals surface area contributed by atoms with Crippen LogP contribution in [0.5, 0.6) is 0 Å². The molecule has 0 radical (unpaired) electrons. The molecule has 1 aromatic carbocycles. The molecule has 22 heavy (non-hydrogen) atoms. The summed E-state index contributed by atoms with van der Waals surface area (Å²) in [7, 11) is 0. The fourth-order valence-electron chi connectivity index (χ4n) is 2.39. The van der Waals surface area contributed by atoms with Crippen LogP contribution in [0.2, 0.25) is 0 Å². The average molecular weight is 304 g/mol. The zero-order valence-electron chi connectivity index (χ0n) is 14.8. The van der Waals surface area contributed by atoms with Crippen LogP contribution in [-0.2, 0) is 0 Å². The molecule has 0 unspecified atom stereocenters. The third kappa shape index (κ3) is 5.34. The predicted molar refractivity (Wildman–Crippen MR) is 99.0 cm³/mol. The van der Waals surface area contributed by atoms with Gasteiger partial charge in [0.05, 0.1) is 5.54 Å². The van der Waals surface area contributed by atoms with Crippen molar-refractivity contribution in [1.82, 2.24) is 0 Å². The Morgan fingerprint density at radius 3 is 2.32 bits per heavy atom. The number of rotatable bonds is 2. The number of piperidine rings is 1. The number of aliphatic imine (C=N–C) groups is 1. The highest BCUT2D eigenvalue weighted by Gasteiger charge is 2.19. The summed E-state index contributed by atoms with van der Waals surface area (Å²) in [5.74, 6) is 0. The van der Waals surface area contributed by atoms with E-state index in [1.54, 1.807) is 0 Å². The lowest BCUT2D eigenvalue weighted by Gasteiger charge is -2.33. The molecular formula is C18H32N4. The summed E-state index contributed by atoms with van der Waals surface area (Å²) >= 11 is 0. The highest BCUT2D eigenvalue weighted by atomic mass is 15.1. The van der Waals surface area contributed by atoms with Gasteiger partial charge in [-0.1, -0.05) is 19.9 Å². The molecule has 124 valence electrons. The Hall–Kier alpha value is -1.55. The van der Waals surface area contributed by atoms with E-state index in [2.05, 4.69) is 36.7 Å². The van der Waals surface area contributed by atoms with E-state index in [0.717, 1.165) is 37.2 Å². The van der Waals surface area contributed by atoms with E-state index in [1.807, 2.05) is 32.2 Å². The quantitative estimate of drug-likeness (QED) is 0.649. The maximum absolute atomic E-state index is 6.14. The first kappa shape index (κ1) is 18.5. The average Bonchev–Trinajstić information content (AvgIpc) is 2.48. The Labute approximate surface area is 135 Å². The van der Waals surface area contributed by atoms with Crippen molar-refractivity contribution in [2.75, 3.05) is 23.7 Å². The maximum atomic E-state index is 6.14. The SMILES string of the molecule is CC.CC(C)(C)N=Cc1c(N)cccc1N1CCC(N)CC1. The van der Waals surface area contributed by atoms with Gasteiger partial charge in [0.15, 0.2) is 0 Å². The van der Waals surface area contributed by atoms with Crippen molar-refractivity contribution in [2.24, 2.45) is 10.7 Å². The van der Waals surface area contributed by atoms with Crippen molar-refractivity contribution in [1.29, 1.82) is 0 Å². The predicted octanol–water partition coefficient (Wildman–Crippen LogP) is 3.44. The van der Waals surface area contributed by atoms with Crippen LogP contribution < -0.4 is 16.4 Å². The van der Waals surface area contributed by atoms with Crippen LogP contribution in [0.3, 0.4) is 0 Å². The molecule has 4 N–H and O–H groups in total. The molecule has 1 heterocycles. The van der Waals surface area contributed by atoms with Gasteiger partial charge in [0.25, 0.3) is 0 Å². The van der Waals surface area contributed by atoms with Gasteiger partial charge in [0.1, 0.15) is 0 Å². The Balaban J connectivity index is 0.00000116. The maximum Gasteiger partial charge on any atom is 0.0524 e. The zero-order chi connectivity index (χ0) is 16.8. The smallest absolute Gasteiger partial charge is 0.0524 e. The summed E-state index contributed by atoms with van der Waals surface area (Å²) in [5, 5.41) is 0. The summed E-state index contributed by atoms with van der Waals surface area (Å²) in [5.41, 5.74) is 15.0. The first-order valence-corrected chi connectivity index (χ1v) is 8.31. The van der Waals surface area contributed by atoms with Crippen LogP contribution >= 0.6 is 0 Å². The van der Waals surface area contributed by atoms with Gasteiger partial charge in [0.2, 0.25) is 0 Å². The van der Waals surface area contributed by atoms with E-state index < -0.39 is 0 Å². The van der Waals surface area contributed by atoms with Crippen molar-refractivity contribution in [3.63, 3.8) is 0 Å². The van der Waals surface area contributed by atoms with Crippen molar-refractivity contribution in [2.45, 2.75) is 59.0 Å². The van der Waals surface area contributed by atoms with Gasteiger partial charge < -0.3 is 16.4 Å². The summed E-state index contributed by atoms with van der Waals surface area (Å²) in [6, 6.07) is 6.40. The minimum Gasteiger partial charge on any atom is -0.398 e. The molecule has 0 aromatic heterocycles. The van der Waals surface area contributed by atoms with Gasteiger partial charge in [0, 0.05) is 42.3 Å². The van der Waals surface area contributed by atoms with Gasteiger partial charge >= 0.3 is 0 Å². The highest BCUT2D eigenvalue weighted by molar-refractivity contribution is 5.94. The largest absolute Gasteiger partial charge is 0.398 e. The second-order valence-corrected chi connectivity index (χ2v) is 6.53. The van der Waals surface area contributed by atoms with Gasteiger partial charge in [-0.25, -0.2) is 0 Å². The Bertz CT molecular complexity index is 480. The van der Waals surface area contributed by atoms with Crippen molar-refractivity contribution >= 4 is 17.6 Å². The molecule has 1 aromatic rings.